The second-order valence-electron chi connectivity index (χ2n) is 5.17. The number of amides is 1. The van der Waals surface area contributed by atoms with Crippen molar-refractivity contribution in [3.63, 3.8) is 0 Å². The fourth-order valence-electron chi connectivity index (χ4n) is 2.18. The number of rotatable bonds is 3. The van der Waals surface area contributed by atoms with Crippen LogP contribution in [0.4, 0.5) is 19.1 Å². The van der Waals surface area contributed by atoms with Crippen molar-refractivity contribution in [1.29, 1.82) is 0 Å². The van der Waals surface area contributed by atoms with Gasteiger partial charge < -0.3 is 0 Å². The Morgan fingerprint density at radius 1 is 1.28 bits per heavy atom. The van der Waals surface area contributed by atoms with Gasteiger partial charge in [-0.25, -0.2) is 9.67 Å². The maximum Gasteiger partial charge on any atom is 0.433 e. The van der Waals surface area contributed by atoms with E-state index in [1.54, 1.807) is 24.4 Å². The molecule has 1 N–H and O–H groups in total. The average molecular weight is 367 g/mol. The van der Waals surface area contributed by atoms with Gasteiger partial charge in [0.15, 0.2) is 11.5 Å². The smallest absolute Gasteiger partial charge is 0.295 e. The molecule has 0 bridgehead atoms. The first kappa shape index (κ1) is 17.1. The van der Waals surface area contributed by atoms with Gasteiger partial charge in [0.1, 0.15) is 5.69 Å². The van der Waals surface area contributed by atoms with Gasteiger partial charge in [0.2, 0.25) is 11.9 Å². The Labute approximate surface area is 144 Å². The van der Waals surface area contributed by atoms with Crippen LogP contribution in [-0.4, -0.2) is 25.7 Å². The van der Waals surface area contributed by atoms with Gasteiger partial charge in [-0.05, 0) is 24.4 Å². The van der Waals surface area contributed by atoms with Gasteiger partial charge in [0, 0.05) is 18.7 Å². The van der Waals surface area contributed by atoms with Crippen LogP contribution in [0.25, 0.3) is 16.4 Å². The molecule has 0 aliphatic carbocycles. The number of carbonyl (C=O) groups excluding carboxylic acids is 1. The monoisotopic (exact) mass is 367 g/mol. The molecule has 1 amide bonds. The van der Waals surface area contributed by atoms with E-state index in [4.69, 9.17) is 0 Å². The quantitative estimate of drug-likeness (QED) is 0.767. The number of hydrogen-bond acceptors (Lipinski definition) is 5. The molecule has 0 spiro atoms. The Morgan fingerprint density at radius 3 is 2.64 bits per heavy atom. The number of aromatic nitrogens is 4. The molecule has 0 aliphatic rings. The van der Waals surface area contributed by atoms with Crippen LogP contribution in [-0.2, 0) is 11.0 Å². The molecule has 0 radical (unpaired) electrons. The number of hydrogen-bond donors (Lipinski definition) is 1. The molecule has 130 valence electrons. The van der Waals surface area contributed by atoms with Gasteiger partial charge in [-0.1, -0.05) is 6.07 Å². The lowest BCUT2D eigenvalue weighted by molar-refractivity contribution is -0.142. The molecule has 3 aromatic heterocycles. The summed E-state index contributed by atoms with van der Waals surface area (Å²) in [6.07, 6.45) is -4.62. The third kappa shape index (κ3) is 3.68. The number of nitrogens with one attached hydrogen (secondary N) is 1. The van der Waals surface area contributed by atoms with Crippen LogP contribution < -0.4 is 5.32 Å². The van der Waals surface area contributed by atoms with Gasteiger partial charge in [0.25, 0.3) is 0 Å². The van der Waals surface area contributed by atoms with Crippen molar-refractivity contribution >= 4 is 23.2 Å². The first-order valence-electron chi connectivity index (χ1n) is 7.09. The minimum atomic E-state index is -4.62. The highest BCUT2D eigenvalue weighted by Gasteiger charge is 2.37. The Balaban J connectivity index is 2.16. The molecular formula is C15H12F3N5OS. The maximum atomic E-state index is 13.4. The molecule has 0 atom stereocenters. The number of alkyl halides is 3. The molecule has 6 nitrogen and oxygen atoms in total. The van der Waals surface area contributed by atoms with Gasteiger partial charge in [-0.2, -0.15) is 23.3 Å². The van der Waals surface area contributed by atoms with Crippen molar-refractivity contribution in [2.24, 2.45) is 0 Å². The van der Waals surface area contributed by atoms with Gasteiger partial charge in [-0.3, -0.25) is 10.1 Å². The number of thiophene rings is 1. The Morgan fingerprint density at radius 2 is 2.04 bits per heavy atom. The fraction of sp³-hybridized carbons (Fsp3) is 0.200. The summed E-state index contributed by atoms with van der Waals surface area (Å²) in [5, 5.41) is 8.18. The van der Waals surface area contributed by atoms with E-state index in [9.17, 15) is 18.0 Å². The van der Waals surface area contributed by atoms with Crippen molar-refractivity contribution in [3.05, 3.63) is 41.0 Å². The molecule has 3 aromatic rings. The van der Waals surface area contributed by atoms with E-state index in [0.29, 0.717) is 10.6 Å². The first-order chi connectivity index (χ1) is 11.7. The van der Waals surface area contributed by atoms with E-state index in [2.05, 4.69) is 20.4 Å². The second-order valence-corrected chi connectivity index (χ2v) is 6.12. The fourth-order valence-corrected chi connectivity index (χ4v) is 2.86. The molecule has 0 aliphatic heterocycles. The lowest BCUT2D eigenvalue weighted by Gasteiger charge is -2.11. The lowest BCUT2D eigenvalue weighted by atomic mass is 10.3. The normalized spacial score (nSPS) is 11.6. The Hall–Kier alpha value is -2.75. The van der Waals surface area contributed by atoms with Crippen molar-refractivity contribution in [3.8, 4) is 16.4 Å². The predicted octanol–water partition coefficient (Wildman–Crippen LogP) is 3.68. The number of carbonyl (C=O) groups is 1. The number of aryl methyl sites for hydroxylation is 1. The van der Waals surface area contributed by atoms with E-state index in [-0.39, 0.29) is 17.5 Å². The van der Waals surface area contributed by atoms with Gasteiger partial charge in [0.05, 0.1) is 4.88 Å². The first-order valence-corrected chi connectivity index (χ1v) is 7.97. The topological polar surface area (TPSA) is 72.7 Å². The largest absolute Gasteiger partial charge is 0.433 e. The summed E-state index contributed by atoms with van der Waals surface area (Å²) in [6.45, 7) is 2.85. The van der Waals surface area contributed by atoms with E-state index in [0.717, 1.165) is 10.7 Å². The average Bonchev–Trinajstić information content (AvgIpc) is 3.14. The molecule has 3 rings (SSSR count). The highest BCUT2D eigenvalue weighted by atomic mass is 32.1. The SMILES string of the molecule is CC(=O)Nc1nc(C)cc(-n2nc(-c3cccs3)cc2C(F)(F)F)n1. The highest BCUT2D eigenvalue weighted by molar-refractivity contribution is 7.13. The van der Waals surface area contributed by atoms with E-state index >= 15 is 0 Å². The van der Waals surface area contributed by atoms with Crippen LogP contribution >= 0.6 is 11.3 Å². The molecule has 0 saturated heterocycles. The van der Waals surface area contributed by atoms with Gasteiger partial charge >= 0.3 is 6.18 Å². The van der Waals surface area contributed by atoms with Crippen LogP contribution in [0.15, 0.2) is 29.6 Å². The van der Waals surface area contributed by atoms with Crippen molar-refractivity contribution in [2.45, 2.75) is 20.0 Å². The van der Waals surface area contributed by atoms with Crippen LogP contribution in [0, 0.1) is 6.92 Å². The second kappa shape index (κ2) is 6.28. The summed E-state index contributed by atoms with van der Waals surface area (Å²) in [5.74, 6) is -0.581. The Bertz CT molecular complexity index is 918. The standard InChI is InChI=1S/C15H12F3N5OS/c1-8-6-13(21-14(19-8)20-9(2)24)23-12(15(16,17)18)7-10(22-23)11-4-3-5-25-11/h3-7H,1-2H3,(H,19,20,21,24). The van der Waals surface area contributed by atoms with Crippen LogP contribution in [0.2, 0.25) is 0 Å². The highest BCUT2D eigenvalue weighted by Crippen LogP contribution is 2.35. The molecule has 25 heavy (non-hydrogen) atoms. The molecule has 0 saturated carbocycles. The molecule has 0 fully saturated rings. The third-order valence-electron chi connectivity index (χ3n) is 3.12. The lowest BCUT2D eigenvalue weighted by Crippen LogP contribution is -2.16. The summed E-state index contributed by atoms with van der Waals surface area (Å²) in [7, 11) is 0. The third-order valence-corrected chi connectivity index (χ3v) is 4.01. The van der Waals surface area contributed by atoms with Crippen LogP contribution in [0.5, 0.6) is 0 Å². The molecule has 0 aromatic carbocycles. The van der Waals surface area contributed by atoms with Gasteiger partial charge in [-0.15, -0.1) is 11.3 Å². The van der Waals surface area contributed by atoms with Crippen LogP contribution in [0.3, 0.4) is 0 Å². The van der Waals surface area contributed by atoms with E-state index < -0.39 is 17.8 Å². The zero-order chi connectivity index (χ0) is 18.2. The summed E-state index contributed by atoms with van der Waals surface area (Å²) < 4.78 is 41.0. The number of halogens is 3. The minimum absolute atomic E-state index is 0.0774. The zero-order valence-corrected chi connectivity index (χ0v) is 13.9. The van der Waals surface area contributed by atoms with Crippen molar-refractivity contribution in [1.82, 2.24) is 19.7 Å². The van der Waals surface area contributed by atoms with Crippen molar-refractivity contribution in [2.75, 3.05) is 5.32 Å². The molecular weight excluding hydrogens is 355 g/mol. The zero-order valence-electron chi connectivity index (χ0n) is 13.1. The van der Waals surface area contributed by atoms with Crippen LogP contribution in [0.1, 0.15) is 18.3 Å². The minimum Gasteiger partial charge on any atom is -0.295 e. The molecule has 0 unspecified atom stereocenters. The summed E-state index contributed by atoms with van der Waals surface area (Å²) >= 11 is 1.29. The maximum absolute atomic E-state index is 13.4. The Kier molecular flexibility index (Phi) is 4.29. The molecule has 3 heterocycles. The molecule has 10 heteroatoms. The summed E-state index contributed by atoms with van der Waals surface area (Å²) in [5.41, 5.74) is -0.363. The summed E-state index contributed by atoms with van der Waals surface area (Å²) in [4.78, 5) is 19.7. The predicted molar refractivity (Wildman–Crippen MR) is 86.5 cm³/mol. The van der Waals surface area contributed by atoms with Crippen molar-refractivity contribution < 1.29 is 18.0 Å². The summed E-state index contributed by atoms with van der Waals surface area (Å²) in [6, 6.07) is 5.76. The number of nitrogens with zero attached hydrogens (tertiary/aromatic N) is 4. The number of anilines is 1. The van der Waals surface area contributed by atoms with E-state index in [1.165, 1.54) is 24.3 Å². The van der Waals surface area contributed by atoms with E-state index in [1.807, 2.05) is 0 Å².